The molecular formula is C18H15N3O. The molecule has 0 atom stereocenters. The Hall–Kier alpha value is -3.01. The van der Waals surface area contributed by atoms with Gasteiger partial charge in [-0.25, -0.2) is 0 Å². The monoisotopic (exact) mass is 289 g/mol. The van der Waals surface area contributed by atoms with E-state index in [1.807, 2.05) is 49.4 Å². The molecule has 22 heavy (non-hydrogen) atoms. The van der Waals surface area contributed by atoms with Crippen molar-refractivity contribution in [2.24, 2.45) is 0 Å². The van der Waals surface area contributed by atoms with Crippen molar-refractivity contribution in [1.29, 1.82) is 0 Å². The van der Waals surface area contributed by atoms with Gasteiger partial charge in [0.2, 0.25) is 0 Å². The lowest BCUT2D eigenvalue weighted by atomic mass is 10.1. The molecule has 1 N–H and O–H groups in total. The molecular weight excluding hydrogens is 274 g/mol. The van der Waals surface area contributed by atoms with Gasteiger partial charge in [-0.2, -0.15) is 0 Å². The number of aryl methyl sites for hydroxylation is 1. The van der Waals surface area contributed by atoms with Crippen LogP contribution in [-0.4, -0.2) is 15.9 Å². The lowest BCUT2D eigenvalue weighted by Crippen LogP contribution is -2.11. The summed E-state index contributed by atoms with van der Waals surface area (Å²) in [5.41, 5.74) is 4.06. The first-order chi connectivity index (χ1) is 10.7. The van der Waals surface area contributed by atoms with Crippen LogP contribution in [0.15, 0.2) is 67.0 Å². The van der Waals surface area contributed by atoms with E-state index < -0.39 is 0 Å². The fourth-order valence-electron chi connectivity index (χ4n) is 2.07. The standard InChI is InChI=1S/C18H15N3O/c1-13-5-10-16(12-20-13)21-18(22)15-8-6-14(7-9-15)17-4-2-3-11-19-17/h2-12H,1H3,(H,21,22). The van der Waals surface area contributed by atoms with E-state index in [0.717, 1.165) is 17.0 Å². The lowest BCUT2D eigenvalue weighted by Gasteiger charge is -2.06. The van der Waals surface area contributed by atoms with E-state index in [1.165, 1.54) is 0 Å². The van der Waals surface area contributed by atoms with Crippen molar-refractivity contribution >= 4 is 11.6 Å². The Morgan fingerprint density at radius 1 is 0.955 bits per heavy atom. The summed E-state index contributed by atoms with van der Waals surface area (Å²) in [4.78, 5) is 20.6. The molecule has 1 aromatic carbocycles. The Bertz CT molecular complexity index is 766. The van der Waals surface area contributed by atoms with Crippen molar-refractivity contribution in [2.45, 2.75) is 6.92 Å². The predicted molar refractivity (Wildman–Crippen MR) is 86.6 cm³/mol. The topological polar surface area (TPSA) is 54.9 Å². The van der Waals surface area contributed by atoms with Crippen LogP contribution in [0.25, 0.3) is 11.3 Å². The SMILES string of the molecule is Cc1ccc(NC(=O)c2ccc(-c3ccccn3)cc2)cn1. The Kier molecular flexibility index (Phi) is 3.92. The lowest BCUT2D eigenvalue weighted by molar-refractivity contribution is 0.102. The fourth-order valence-corrected chi connectivity index (χ4v) is 2.07. The van der Waals surface area contributed by atoms with Gasteiger partial charge in [0.25, 0.3) is 5.91 Å². The predicted octanol–water partition coefficient (Wildman–Crippen LogP) is 3.70. The molecule has 3 aromatic rings. The Labute approximate surface area is 128 Å². The van der Waals surface area contributed by atoms with Crippen molar-refractivity contribution < 1.29 is 4.79 Å². The molecule has 0 spiro atoms. The number of pyridine rings is 2. The zero-order valence-corrected chi connectivity index (χ0v) is 12.2. The van der Waals surface area contributed by atoms with E-state index in [-0.39, 0.29) is 5.91 Å². The summed E-state index contributed by atoms with van der Waals surface area (Å²) in [6, 6.07) is 16.8. The summed E-state index contributed by atoms with van der Waals surface area (Å²) in [6.45, 7) is 1.90. The minimum atomic E-state index is -0.154. The van der Waals surface area contributed by atoms with Gasteiger partial charge in [-0.1, -0.05) is 18.2 Å². The Morgan fingerprint density at radius 3 is 2.41 bits per heavy atom. The van der Waals surface area contributed by atoms with Crippen molar-refractivity contribution in [3.05, 3.63) is 78.2 Å². The van der Waals surface area contributed by atoms with Gasteiger partial charge in [-0.15, -0.1) is 0 Å². The minimum Gasteiger partial charge on any atom is -0.321 e. The second-order valence-corrected chi connectivity index (χ2v) is 4.93. The average Bonchev–Trinajstić information content (AvgIpc) is 2.58. The second-order valence-electron chi connectivity index (χ2n) is 4.93. The quantitative estimate of drug-likeness (QED) is 0.799. The van der Waals surface area contributed by atoms with E-state index in [4.69, 9.17) is 0 Å². The van der Waals surface area contributed by atoms with Gasteiger partial charge < -0.3 is 5.32 Å². The first-order valence-corrected chi connectivity index (χ1v) is 6.98. The zero-order chi connectivity index (χ0) is 15.4. The number of benzene rings is 1. The molecule has 4 heteroatoms. The van der Waals surface area contributed by atoms with Crippen LogP contribution < -0.4 is 5.32 Å². The normalized spacial score (nSPS) is 10.2. The molecule has 0 fully saturated rings. The number of carbonyl (C=O) groups excluding carboxylic acids is 1. The van der Waals surface area contributed by atoms with Crippen molar-refractivity contribution in [3.63, 3.8) is 0 Å². The molecule has 2 aromatic heterocycles. The fraction of sp³-hybridized carbons (Fsp3) is 0.0556. The number of aromatic nitrogens is 2. The van der Waals surface area contributed by atoms with E-state index >= 15 is 0 Å². The maximum Gasteiger partial charge on any atom is 0.255 e. The largest absolute Gasteiger partial charge is 0.321 e. The van der Waals surface area contributed by atoms with Crippen molar-refractivity contribution in [3.8, 4) is 11.3 Å². The van der Waals surface area contributed by atoms with Gasteiger partial charge in [0, 0.05) is 23.0 Å². The van der Waals surface area contributed by atoms with Gasteiger partial charge in [0.15, 0.2) is 0 Å². The number of hydrogen-bond donors (Lipinski definition) is 1. The molecule has 0 bridgehead atoms. The number of hydrogen-bond acceptors (Lipinski definition) is 3. The number of carbonyl (C=O) groups is 1. The molecule has 0 radical (unpaired) electrons. The molecule has 0 unspecified atom stereocenters. The third kappa shape index (κ3) is 3.17. The van der Waals surface area contributed by atoms with Gasteiger partial charge in [0.1, 0.15) is 0 Å². The van der Waals surface area contributed by atoms with Crippen LogP contribution in [0.2, 0.25) is 0 Å². The van der Waals surface area contributed by atoms with Crippen LogP contribution in [0.1, 0.15) is 16.1 Å². The summed E-state index contributed by atoms with van der Waals surface area (Å²) >= 11 is 0. The minimum absolute atomic E-state index is 0.154. The van der Waals surface area contributed by atoms with Gasteiger partial charge >= 0.3 is 0 Å². The van der Waals surface area contributed by atoms with Crippen LogP contribution in [0.5, 0.6) is 0 Å². The maximum atomic E-state index is 12.2. The first kappa shape index (κ1) is 13.9. The maximum absolute atomic E-state index is 12.2. The third-order valence-electron chi connectivity index (χ3n) is 3.28. The summed E-state index contributed by atoms with van der Waals surface area (Å²) in [7, 11) is 0. The van der Waals surface area contributed by atoms with Crippen molar-refractivity contribution in [2.75, 3.05) is 5.32 Å². The van der Waals surface area contributed by atoms with Crippen LogP contribution in [-0.2, 0) is 0 Å². The number of nitrogens with zero attached hydrogens (tertiary/aromatic N) is 2. The highest BCUT2D eigenvalue weighted by molar-refractivity contribution is 6.04. The molecule has 1 amide bonds. The summed E-state index contributed by atoms with van der Waals surface area (Å²) in [6.07, 6.45) is 3.40. The number of nitrogens with one attached hydrogen (secondary N) is 1. The van der Waals surface area contributed by atoms with E-state index in [0.29, 0.717) is 11.3 Å². The summed E-state index contributed by atoms with van der Waals surface area (Å²) < 4.78 is 0. The number of rotatable bonds is 3. The van der Waals surface area contributed by atoms with E-state index in [1.54, 1.807) is 24.5 Å². The van der Waals surface area contributed by atoms with Crippen LogP contribution in [0.3, 0.4) is 0 Å². The van der Waals surface area contributed by atoms with Gasteiger partial charge in [-0.3, -0.25) is 14.8 Å². The molecule has 108 valence electrons. The van der Waals surface area contributed by atoms with E-state index in [2.05, 4.69) is 15.3 Å². The molecule has 0 saturated carbocycles. The second kappa shape index (κ2) is 6.18. The van der Waals surface area contributed by atoms with Gasteiger partial charge in [0.05, 0.1) is 17.6 Å². The Balaban J connectivity index is 1.75. The molecule has 0 aliphatic heterocycles. The first-order valence-electron chi connectivity index (χ1n) is 6.98. The average molecular weight is 289 g/mol. The highest BCUT2D eigenvalue weighted by atomic mass is 16.1. The molecule has 0 saturated heterocycles. The smallest absolute Gasteiger partial charge is 0.255 e. The molecule has 3 rings (SSSR count). The van der Waals surface area contributed by atoms with Crippen LogP contribution in [0, 0.1) is 6.92 Å². The summed E-state index contributed by atoms with van der Waals surface area (Å²) in [5.74, 6) is -0.154. The highest BCUT2D eigenvalue weighted by Gasteiger charge is 2.07. The summed E-state index contributed by atoms with van der Waals surface area (Å²) in [5, 5.41) is 2.83. The van der Waals surface area contributed by atoms with Crippen molar-refractivity contribution in [1.82, 2.24) is 9.97 Å². The zero-order valence-electron chi connectivity index (χ0n) is 12.2. The Morgan fingerprint density at radius 2 is 1.77 bits per heavy atom. The number of amides is 1. The van der Waals surface area contributed by atoms with Gasteiger partial charge in [-0.05, 0) is 43.3 Å². The molecule has 0 aliphatic rings. The molecule has 4 nitrogen and oxygen atoms in total. The highest BCUT2D eigenvalue weighted by Crippen LogP contribution is 2.17. The third-order valence-corrected chi connectivity index (χ3v) is 3.28. The molecule has 2 heterocycles. The van der Waals surface area contributed by atoms with Crippen LogP contribution >= 0.6 is 0 Å². The van der Waals surface area contributed by atoms with E-state index in [9.17, 15) is 4.79 Å². The molecule has 0 aliphatic carbocycles. The van der Waals surface area contributed by atoms with Crippen LogP contribution in [0.4, 0.5) is 5.69 Å². The number of anilines is 1.